The fourth-order valence-corrected chi connectivity index (χ4v) is 3.07. The number of halogens is 1. The summed E-state index contributed by atoms with van der Waals surface area (Å²) in [6, 6.07) is 8.60. The van der Waals surface area contributed by atoms with Gasteiger partial charge in [-0.15, -0.1) is 0 Å². The maximum Gasteiger partial charge on any atom is 0.0933 e. The van der Waals surface area contributed by atoms with Crippen molar-refractivity contribution < 1.29 is 9.84 Å². The Kier molecular flexibility index (Phi) is 6.45. The van der Waals surface area contributed by atoms with E-state index in [0.29, 0.717) is 12.6 Å². The first-order valence-electron chi connectivity index (χ1n) is 7.54. The Labute approximate surface area is 132 Å². The van der Waals surface area contributed by atoms with Crippen LogP contribution in [0.3, 0.4) is 0 Å². The van der Waals surface area contributed by atoms with E-state index in [1.807, 2.05) is 25.2 Å². The van der Waals surface area contributed by atoms with Crippen LogP contribution in [-0.2, 0) is 4.74 Å². The normalized spacial score (nSPS) is 25.0. The van der Waals surface area contributed by atoms with Gasteiger partial charge in [-0.25, -0.2) is 0 Å². The van der Waals surface area contributed by atoms with Gasteiger partial charge in [0.25, 0.3) is 0 Å². The highest BCUT2D eigenvalue weighted by Gasteiger charge is 2.26. The van der Waals surface area contributed by atoms with E-state index < -0.39 is 0 Å². The van der Waals surface area contributed by atoms with Crippen LogP contribution in [0.25, 0.3) is 0 Å². The molecule has 3 atom stereocenters. The van der Waals surface area contributed by atoms with Crippen molar-refractivity contribution >= 4 is 11.6 Å². The largest absolute Gasteiger partial charge is 0.394 e. The van der Waals surface area contributed by atoms with Crippen LogP contribution in [-0.4, -0.2) is 55.5 Å². The number of aliphatic hydroxyl groups is 1. The lowest BCUT2D eigenvalue weighted by molar-refractivity contribution is -0.0783. The van der Waals surface area contributed by atoms with Gasteiger partial charge in [0, 0.05) is 30.2 Å². The summed E-state index contributed by atoms with van der Waals surface area (Å²) >= 11 is 6.29. The molecule has 1 aliphatic rings. The van der Waals surface area contributed by atoms with Gasteiger partial charge in [0.05, 0.1) is 19.3 Å². The minimum absolute atomic E-state index is 0.0606. The molecule has 21 heavy (non-hydrogen) atoms. The number of hydrogen-bond acceptors (Lipinski definition) is 4. The molecule has 2 rings (SSSR count). The lowest BCUT2D eigenvalue weighted by Gasteiger charge is -2.38. The van der Waals surface area contributed by atoms with Gasteiger partial charge in [-0.2, -0.15) is 0 Å². The molecule has 0 saturated carbocycles. The zero-order chi connectivity index (χ0) is 15.2. The monoisotopic (exact) mass is 312 g/mol. The van der Waals surface area contributed by atoms with Crippen molar-refractivity contribution in [2.45, 2.75) is 31.5 Å². The van der Waals surface area contributed by atoms with E-state index >= 15 is 0 Å². The van der Waals surface area contributed by atoms with E-state index in [2.05, 4.69) is 23.2 Å². The van der Waals surface area contributed by atoms with Crippen molar-refractivity contribution in [2.24, 2.45) is 0 Å². The highest BCUT2D eigenvalue weighted by molar-refractivity contribution is 6.31. The Balaban J connectivity index is 1.95. The van der Waals surface area contributed by atoms with Crippen molar-refractivity contribution in [1.82, 2.24) is 10.2 Å². The predicted molar refractivity (Wildman–Crippen MR) is 85.7 cm³/mol. The summed E-state index contributed by atoms with van der Waals surface area (Å²) in [5.41, 5.74) is 1.14. The molecule has 2 N–H and O–H groups in total. The molecule has 0 aromatic heterocycles. The zero-order valence-corrected chi connectivity index (χ0v) is 13.5. The van der Waals surface area contributed by atoms with Crippen molar-refractivity contribution in [2.75, 3.05) is 33.4 Å². The Hall–Kier alpha value is -0.650. The molecule has 0 radical (unpaired) electrons. The highest BCUT2D eigenvalue weighted by Crippen LogP contribution is 2.25. The summed E-state index contributed by atoms with van der Waals surface area (Å²) in [6.45, 7) is 4.68. The molecule has 4 nitrogen and oxygen atoms in total. The molecule has 1 aromatic rings. The molecule has 1 aromatic carbocycles. The van der Waals surface area contributed by atoms with Gasteiger partial charge in [0.2, 0.25) is 0 Å². The Morgan fingerprint density at radius 3 is 2.90 bits per heavy atom. The molecule has 0 bridgehead atoms. The first-order valence-corrected chi connectivity index (χ1v) is 7.91. The predicted octanol–water partition coefficient (Wildman–Crippen LogP) is 2.07. The standard InChI is InChI=1S/C16H25ClN2O2/c1-12-11-21-13(10-20)9-19(12)8-7-16(18-2)14-5-3-4-6-15(14)17/h3-6,12-13,16,18,20H,7-11H2,1-2H3. The van der Waals surface area contributed by atoms with Gasteiger partial charge >= 0.3 is 0 Å². The van der Waals surface area contributed by atoms with Crippen LogP contribution >= 0.6 is 11.6 Å². The third-order valence-corrected chi connectivity index (χ3v) is 4.52. The summed E-state index contributed by atoms with van der Waals surface area (Å²) < 4.78 is 5.58. The van der Waals surface area contributed by atoms with Crippen LogP contribution in [0.2, 0.25) is 5.02 Å². The van der Waals surface area contributed by atoms with Gasteiger partial charge in [0.15, 0.2) is 0 Å². The molecule has 5 heteroatoms. The molecule has 118 valence electrons. The van der Waals surface area contributed by atoms with Crippen LogP contribution in [0.4, 0.5) is 0 Å². The third kappa shape index (κ3) is 4.41. The molecule has 1 heterocycles. The molecule has 1 aliphatic heterocycles. The molecule has 3 unspecified atom stereocenters. The van der Waals surface area contributed by atoms with E-state index in [1.54, 1.807) is 0 Å². The molecular formula is C16H25ClN2O2. The van der Waals surface area contributed by atoms with Crippen LogP contribution in [0.1, 0.15) is 24.9 Å². The fraction of sp³-hybridized carbons (Fsp3) is 0.625. The lowest BCUT2D eigenvalue weighted by atomic mass is 10.0. The first kappa shape index (κ1) is 16.7. The third-order valence-electron chi connectivity index (χ3n) is 4.17. The second-order valence-corrected chi connectivity index (χ2v) is 6.04. The number of hydrogen-bond donors (Lipinski definition) is 2. The van der Waals surface area contributed by atoms with Crippen LogP contribution in [0.5, 0.6) is 0 Å². The second-order valence-electron chi connectivity index (χ2n) is 5.63. The smallest absolute Gasteiger partial charge is 0.0933 e. The number of nitrogens with one attached hydrogen (secondary N) is 1. The number of aliphatic hydroxyl groups excluding tert-OH is 1. The topological polar surface area (TPSA) is 44.7 Å². The van der Waals surface area contributed by atoms with E-state index in [0.717, 1.165) is 30.1 Å². The fourth-order valence-electron chi connectivity index (χ4n) is 2.81. The number of rotatable bonds is 6. The van der Waals surface area contributed by atoms with Crippen molar-refractivity contribution in [1.29, 1.82) is 0 Å². The van der Waals surface area contributed by atoms with Crippen molar-refractivity contribution in [3.05, 3.63) is 34.9 Å². The van der Waals surface area contributed by atoms with E-state index in [4.69, 9.17) is 16.3 Å². The summed E-state index contributed by atoms with van der Waals surface area (Å²) in [5.74, 6) is 0. The summed E-state index contributed by atoms with van der Waals surface area (Å²) in [7, 11) is 1.97. The number of nitrogens with zero attached hydrogens (tertiary/aromatic N) is 1. The first-order chi connectivity index (χ1) is 10.2. The average Bonchev–Trinajstić information content (AvgIpc) is 2.51. The van der Waals surface area contributed by atoms with E-state index in [1.165, 1.54) is 0 Å². The number of benzene rings is 1. The second kappa shape index (κ2) is 8.11. The van der Waals surface area contributed by atoms with E-state index in [-0.39, 0.29) is 18.8 Å². The minimum atomic E-state index is -0.0606. The molecule has 0 aliphatic carbocycles. The SMILES string of the molecule is CNC(CCN1CC(CO)OCC1C)c1ccccc1Cl. The number of ether oxygens (including phenoxy) is 1. The minimum Gasteiger partial charge on any atom is -0.394 e. The van der Waals surface area contributed by atoms with Gasteiger partial charge in [-0.3, -0.25) is 4.90 Å². The lowest BCUT2D eigenvalue weighted by Crippen LogP contribution is -2.50. The van der Waals surface area contributed by atoms with Gasteiger partial charge in [-0.05, 0) is 32.0 Å². The van der Waals surface area contributed by atoms with Gasteiger partial charge < -0.3 is 15.2 Å². The maximum atomic E-state index is 9.25. The molecular weight excluding hydrogens is 288 g/mol. The summed E-state index contributed by atoms with van der Waals surface area (Å²) in [4.78, 5) is 2.38. The van der Waals surface area contributed by atoms with Crippen LogP contribution in [0.15, 0.2) is 24.3 Å². The molecule has 1 saturated heterocycles. The average molecular weight is 313 g/mol. The van der Waals surface area contributed by atoms with Crippen molar-refractivity contribution in [3.8, 4) is 0 Å². The molecule has 0 amide bonds. The van der Waals surface area contributed by atoms with Crippen molar-refractivity contribution in [3.63, 3.8) is 0 Å². The maximum absolute atomic E-state index is 9.25. The Morgan fingerprint density at radius 2 is 2.24 bits per heavy atom. The van der Waals surface area contributed by atoms with E-state index in [9.17, 15) is 5.11 Å². The summed E-state index contributed by atoms with van der Waals surface area (Å²) in [5, 5.41) is 13.4. The van der Waals surface area contributed by atoms with Gasteiger partial charge in [0.1, 0.15) is 0 Å². The molecule has 1 fully saturated rings. The van der Waals surface area contributed by atoms with Gasteiger partial charge in [-0.1, -0.05) is 29.8 Å². The zero-order valence-electron chi connectivity index (χ0n) is 12.8. The Bertz CT molecular complexity index is 444. The summed E-state index contributed by atoms with van der Waals surface area (Å²) in [6.07, 6.45) is 0.914. The van der Waals surface area contributed by atoms with Crippen LogP contribution < -0.4 is 5.32 Å². The quantitative estimate of drug-likeness (QED) is 0.844. The molecule has 0 spiro atoms. The number of morpholine rings is 1. The van der Waals surface area contributed by atoms with Crippen LogP contribution in [0, 0.1) is 0 Å². The highest BCUT2D eigenvalue weighted by atomic mass is 35.5. The Morgan fingerprint density at radius 1 is 1.48 bits per heavy atom.